The first-order valence-corrected chi connectivity index (χ1v) is 8.84. The van der Waals surface area contributed by atoms with E-state index in [4.69, 9.17) is 4.52 Å². The molecule has 2 N–H and O–H groups in total. The Morgan fingerprint density at radius 3 is 2.04 bits per heavy atom. The van der Waals surface area contributed by atoms with Gasteiger partial charge in [0.15, 0.2) is 11.4 Å². The fourth-order valence-corrected chi connectivity index (χ4v) is 3.24. The van der Waals surface area contributed by atoms with Crippen LogP contribution in [0.1, 0.15) is 18.1 Å². The SMILES string of the molecule is C=C(C)C(=O)C(Cc1ccccc1)(OP(=O)(O)O)c1ccccc1. The van der Waals surface area contributed by atoms with Crippen molar-refractivity contribution in [3.8, 4) is 0 Å². The quantitative estimate of drug-likeness (QED) is 0.593. The smallest absolute Gasteiger partial charge is 0.303 e. The fraction of sp³-hybridized carbons (Fsp3) is 0.167. The highest BCUT2D eigenvalue weighted by atomic mass is 31.2. The lowest BCUT2D eigenvalue weighted by Gasteiger charge is -2.33. The van der Waals surface area contributed by atoms with Crippen LogP contribution in [0.25, 0.3) is 0 Å². The van der Waals surface area contributed by atoms with Gasteiger partial charge in [0.05, 0.1) is 0 Å². The zero-order valence-electron chi connectivity index (χ0n) is 13.3. The molecule has 0 radical (unpaired) electrons. The molecule has 0 spiro atoms. The third-order valence-corrected chi connectivity index (χ3v) is 4.11. The second-order valence-electron chi connectivity index (χ2n) is 5.55. The zero-order chi connectivity index (χ0) is 17.8. The average Bonchev–Trinajstić information content (AvgIpc) is 2.54. The third kappa shape index (κ3) is 4.28. The lowest BCUT2D eigenvalue weighted by molar-refractivity contribution is -0.133. The molecule has 0 aliphatic heterocycles. The largest absolute Gasteiger partial charge is 0.470 e. The maximum Gasteiger partial charge on any atom is 0.470 e. The first-order chi connectivity index (χ1) is 11.2. The summed E-state index contributed by atoms with van der Waals surface area (Å²) in [6.45, 7) is 5.13. The Hall–Kier alpha value is -2.04. The molecule has 5 nitrogen and oxygen atoms in total. The number of phosphoric acid groups is 1. The summed E-state index contributed by atoms with van der Waals surface area (Å²) in [5.41, 5.74) is -0.606. The summed E-state index contributed by atoms with van der Waals surface area (Å²) in [5.74, 6) is -0.569. The van der Waals surface area contributed by atoms with E-state index in [9.17, 15) is 19.1 Å². The second-order valence-corrected chi connectivity index (χ2v) is 6.71. The van der Waals surface area contributed by atoms with Crippen molar-refractivity contribution in [2.45, 2.75) is 18.9 Å². The monoisotopic (exact) mass is 346 g/mol. The van der Waals surface area contributed by atoms with E-state index in [1.807, 2.05) is 6.07 Å². The van der Waals surface area contributed by atoms with Crippen molar-refractivity contribution >= 4 is 13.6 Å². The number of Topliss-reactive ketones (excluding diaryl/α,β-unsaturated/α-hetero) is 1. The van der Waals surface area contributed by atoms with E-state index < -0.39 is 19.2 Å². The van der Waals surface area contributed by atoms with Crippen molar-refractivity contribution < 1.29 is 23.7 Å². The molecule has 2 aromatic carbocycles. The molecule has 0 aliphatic carbocycles. The van der Waals surface area contributed by atoms with Gasteiger partial charge in [-0.1, -0.05) is 67.2 Å². The molecule has 0 saturated carbocycles. The van der Waals surface area contributed by atoms with E-state index >= 15 is 0 Å². The van der Waals surface area contributed by atoms with Crippen LogP contribution in [0.3, 0.4) is 0 Å². The normalized spacial score (nSPS) is 14.0. The molecule has 2 aromatic rings. The number of phosphoric ester groups is 1. The number of benzene rings is 2. The van der Waals surface area contributed by atoms with E-state index in [0.29, 0.717) is 11.1 Å². The fourth-order valence-electron chi connectivity index (χ4n) is 2.58. The summed E-state index contributed by atoms with van der Waals surface area (Å²) >= 11 is 0. The van der Waals surface area contributed by atoms with Crippen LogP contribution in [-0.2, 0) is 25.9 Å². The predicted octanol–water partition coefficient (Wildman–Crippen LogP) is 3.38. The molecule has 126 valence electrons. The highest BCUT2D eigenvalue weighted by molar-refractivity contribution is 7.46. The van der Waals surface area contributed by atoms with Gasteiger partial charge in [0.25, 0.3) is 0 Å². The van der Waals surface area contributed by atoms with Crippen LogP contribution >= 0.6 is 7.82 Å². The average molecular weight is 346 g/mol. The third-order valence-electron chi connectivity index (χ3n) is 3.57. The maximum atomic E-state index is 12.9. The van der Waals surface area contributed by atoms with Gasteiger partial charge in [0.2, 0.25) is 0 Å². The molecular weight excluding hydrogens is 327 g/mol. The predicted molar refractivity (Wildman–Crippen MR) is 91.2 cm³/mol. The summed E-state index contributed by atoms with van der Waals surface area (Å²) in [6, 6.07) is 17.3. The summed E-state index contributed by atoms with van der Waals surface area (Å²) in [6.07, 6.45) is -0.0192. The molecule has 1 unspecified atom stereocenters. The van der Waals surface area contributed by atoms with Crippen LogP contribution in [-0.4, -0.2) is 15.6 Å². The first-order valence-electron chi connectivity index (χ1n) is 7.31. The van der Waals surface area contributed by atoms with Crippen LogP contribution in [0.2, 0.25) is 0 Å². The zero-order valence-corrected chi connectivity index (χ0v) is 14.1. The minimum atomic E-state index is -4.95. The Balaban J connectivity index is 2.65. The summed E-state index contributed by atoms with van der Waals surface area (Å²) < 4.78 is 16.7. The van der Waals surface area contributed by atoms with E-state index in [-0.39, 0.29) is 12.0 Å². The van der Waals surface area contributed by atoms with Crippen molar-refractivity contribution in [2.24, 2.45) is 0 Å². The molecule has 0 heterocycles. The van der Waals surface area contributed by atoms with Gasteiger partial charge in [-0.15, -0.1) is 0 Å². The molecular formula is C18H19O5P. The topological polar surface area (TPSA) is 83.8 Å². The molecule has 0 amide bonds. The number of hydrogen-bond donors (Lipinski definition) is 2. The summed E-state index contributed by atoms with van der Waals surface area (Å²) in [5, 5.41) is 0. The number of carbonyl (C=O) groups excluding carboxylic acids is 1. The van der Waals surface area contributed by atoms with Crippen LogP contribution in [0, 0.1) is 0 Å². The van der Waals surface area contributed by atoms with Crippen LogP contribution < -0.4 is 0 Å². The van der Waals surface area contributed by atoms with Crippen LogP contribution in [0.4, 0.5) is 0 Å². The molecule has 6 heteroatoms. The Kier molecular flexibility index (Phi) is 5.52. The summed E-state index contributed by atoms with van der Waals surface area (Å²) in [4.78, 5) is 31.7. The Labute approximate surface area is 140 Å². The van der Waals surface area contributed by atoms with E-state index in [1.165, 1.54) is 6.92 Å². The lowest BCUT2D eigenvalue weighted by atomic mass is 9.81. The number of carbonyl (C=O) groups is 1. The van der Waals surface area contributed by atoms with Crippen molar-refractivity contribution in [1.29, 1.82) is 0 Å². The van der Waals surface area contributed by atoms with Crippen LogP contribution in [0.5, 0.6) is 0 Å². The lowest BCUT2D eigenvalue weighted by Crippen LogP contribution is -2.40. The van der Waals surface area contributed by atoms with E-state index in [0.717, 1.165) is 0 Å². The highest BCUT2D eigenvalue weighted by Gasteiger charge is 2.46. The van der Waals surface area contributed by atoms with Crippen molar-refractivity contribution in [1.82, 2.24) is 0 Å². The highest BCUT2D eigenvalue weighted by Crippen LogP contribution is 2.48. The number of rotatable bonds is 7. The van der Waals surface area contributed by atoms with Gasteiger partial charge < -0.3 is 9.79 Å². The van der Waals surface area contributed by atoms with Crippen molar-refractivity contribution in [3.05, 3.63) is 83.9 Å². The Bertz CT molecular complexity index is 767. The van der Waals surface area contributed by atoms with Gasteiger partial charge >= 0.3 is 7.82 Å². The van der Waals surface area contributed by atoms with Gasteiger partial charge in [-0.3, -0.25) is 9.32 Å². The second kappa shape index (κ2) is 7.24. The van der Waals surface area contributed by atoms with Crippen molar-refractivity contribution in [3.63, 3.8) is 0 Å². The standard InChI is InChI=1S/C18H19O5P/c1-14(2)17(19)18(23-24(20,21)22,16-11-7-4-8-12-16)13-15-9-5-3-6-10-15/h3-12H,1,13H2,2H3,(H2,20,21,22). The molecule has 1 atom stereocenters. The molecule has 0 aliphatic rings. The Morgan fingerprint density at radius 2 is 1.58 bits per heavy atom. The van der Waals surface area contributed by atoms with Gasteiger partial charge in [0.1, 0.15) is 0 Å². The molecule has 0 saturated heterocycles. The molecule has 0 fully saturated rings. The molecule has 24 heavy (non-hydrogen) atoms. The van der Waals surface area contributed by atoms with Gasteiger partial charge in [-0.05, 0) is 23.6 Å². The molecule has 2 rings (SSSR count). The van der Waals surface area contributed by atoms with E-state index in [1.54, 1.807) is 54.6 Å². The van der Waals surface area contributed by atoms with E-state index in [2.05, 4.69) is 6.58 Å². The summed E-state index contributed by atoms with van der Waals surface area (Å²) in [7, 11) is -4.95. The molecule has 0 aromatic heterocycles. The number of hydrogen-bond acceptors (Lipinski definition) is 3. The maximum absolute atomic E-state index is 12.9. The van der Waals surface area contributed by atoms with Crippen molar-refractivity contribution in [2.75, 3.05) is 0 Å². The van der Waals surface area contributed by atoms with Gasteiger partial charge in [-0.2, -0.15) is 0 Å². The van der Waals surface area contributed by atoms with Crippen LogP contribution in [0.15, 0.2) is 72.8 Å². The minimum Gasteiger partial charge on any atom is -0.303 e. The Morgan fingerprint density at radius 1 is 1.08 bits per heavy atom. The van der Waals surface area contributed by atoms with Gasteiger partial charge in [-0.25, -0.2) is 4.57 Å². The van der Waals surface area contributed by atoms with Gasteiger partial charge in [0, 0.05) is 6.42 Å². The first kappa shape index (κ1) is 18.3. The minimum absolute atomic E-state index is 0.0192. The number of ketones is 1. The molecule has 0 bridgehead atoms.